The van der Waals surface area contributed by atoms with E-state index in [2.05, 4.69) is 4.72 Å². The van der Waals surface area contributed by atoms with E-state index in [1.165, 1.54) is 17.5 Å². The molecule has 0 aliphatic heterocycles. The Hall–Kier alpha value is -1.31. The van der Waals surface area contributed by atoms with Gasteiger partial charge >= 0.3 is 0 Å². The molecule has 0 fully saturated rings. The number of thiophene rings is 1. The average Bonchev–Trinajstić information content (AvgIpc) is 2.70. The third-order valence-electron chi connectivity index (χ3n) is 2.04. The summed E-state index contributed by atoms with van der Waals surface area (Å²) >= 11 is 6.73. The number of sulfonamides is 1. The zero-order valence-electron chi connectivity index (χ0n) is 8.85. The molecular weight excluding hydrogens is 299 g/mol. The Kier molecular flexibility index (Phi) is 3.47. The van der Waals surface area contributed by atoms with E-state index in [4.69, 9.17) is 17.3 Å². The quantitative estimate of drug-likeness (QED) is 0.916. The smallest absolute Gasteiger partial charge is 0.271 e. The maximum absolute atomic E-state index is 12.8. The van der Waals surface area contributed by atoms with E-state index in [0.29, 0.717) is 5.69 Å². The second-order valence-corrected chi connectivity index (χ2v) is 6.66. The third-order valence-corrected chi connectivity index (χ3v) is 5.17. The summed E-state index contributed by atoms with van der Waals surface area (Å²) in [6, 6.07) is 4.74. The van der Waals surface area contributed by atoms with Gasteiger partial charge < -0.3 is 5.73 Å². The summed E-state index contributed by atoms with van der Waals surface area (Å²) < 4.78 is 39.1. The molecule has 1 aromatic heterocycles. The summed E-state index contributed by atoms with van der Waals surface area (Å²) in [5.74, 6) is -0.539. The van der Waals surface area contributed by atoms with E-state index in [-0.39, 0.29) is 14.9 Å². The Balaban J connectivity index is 2.33. The molecule has 96 valence electrons. The topological polar surface area (TPSA) is 72.2 Å². The maximum atomic E-state index is 12.8. The fourth-order valence-corrected chi connectivity index (χ4v) is 3.67. The first-order valence-electron chi connectivity index (χ1n) is 4.70. The number of hydrogen-bond donors (Lipinski definition) is 2. The van der Waals surface area contributed by atoms with Gasteiger partial charge in [-0.05, 0) is 24.3 Å². The minimum absolute atomic E-state index is 0.0110. The molecule has 0 radical (unpaired) electrons. The summed E-state index contributed by atoms with van der Waals surface area (Å²) in [7, 11) is -3.75. The zero-order valence-corrected chi connectivity index (χ0v) is 11.2. The Morgan fingerprint density at radius 3 is 2.61 bits per heavy atom. The van der Waals surface area contributed by atoms with Crippen LogP contribution in [0.5, 0.6) is 0 Å². The number of rotatable bonds is 3. The van der Waals surface area contributed by atoms with Crippen LogP contribution >= 0.6 is 22.9 Å². The molecule has 0 aliphatic rings. The molecule has 0 bridgehead atoms. The Morgan fingerprint density at radius 1 is 1.33 bits per heavy atom. The molecular formula is C10H8ClFN2O2S2. The van der Waals surface area contributed by atoms with Gasteiger partial charge in [0.1, 0.15) is 10.0 Å². The van der Waals surface area contributed by atoms with Gasteiger partial charge in [0, 0.05) is 11.1 Å². The van der Waals surface area contributed by atoms with Crippen molar-refractivity contribution in [2.24, 2.45) is 0 Å². The van der Waals surface area contributed by atoms with Crippen molar-refractivity contribution < 1.29 is 12.8 Å². The second-order valence-electron chi connectivity index (χ2n) is 3.43. The van der Waals surface area contributed by atoms with Crippen LogP contribution in [0.4, 0.5) is 15.8 Å². The number of hydrogen-bond acceptors (Lipinski definition) is 4. The number of nitrogen functional groups attached to an aromatic ring is 1. The van der Waals surface area contributed by atoms with Crippen LogP contribution < -0.4 is 10.5 Å². The van der Waals surface area contributed by atoms with Crippen LogP contribution in [-0.4, -0.2) is 8.42 Å². The van der Waals surface area contributed by atoms with Crippen molar-refractivity contribution in [3.8, 4) is 0 Å². The van der Waals surface area contributed by atoms with Crippen molar-refractivity contribution in [1.82, 2.24) is 0 Å². The molecule has 1 aromatic carbocycles. The monoisotopic (exact) mass is 306 g/mol. The van der Waals surface area contributed by atoms with E-state index >= 15 is 0 Å². The van der Waals surface area contributed by atoms with E-state index in [1.807, 2.05) is 0 Å². The lowest BCUT2D eigenvalue weighted by Crippen LogP contribution is -2.11. The van der Waals surface area contributed by atoms with Gasteiger partial charge in [0.15, 0.2) is 0 Å². The van der Waals surface area contributed by atoms with E-state index in [9.17, 15) is 12.8 Å². The van der Waals surface area contributed by atoms with Gasteiger partial charge in [0.05, 0.1) is 10.7 Å². The summed E-state index contributed by atoms with van der Waals surface area (Å²) in [6.45, 7) is 0. The van der Waals surface area contributed by atoms with Gasteiger partial charge in [0.25, 0.3) is 10.0 Å². The predicted molar refractivity (Wildman–Crippen MR) is 70.9 cm³/mol. The lowest BCUT2D eigenvalue weighted by molar-refractivity contribution is 0.603. The lowest BCUT2D eigenvalue weighted by atomic mass is 10.3. The highest BCUT2D eigenvalue weighted by atomic mass is 35.5. The van der Waals surface area contributed by atoms with Crippen LogP contribution in [0.3, 0.4) is 0 Å². The molecule has 2 aromatic rings. The number of nitrogens with one attached hydrogen (secondary N) is 1. The highest BCUT2D eigenvalue weighted by Gasteiger charge is 2.17. The first-order chi connectivity index (χ1) is 8.38. The molecule has 18 heavy (non-hydrogen) atoms. The van der Waals surface area contributed by atoms with Crippen LogP contribution in [-0.2, 0) is 10.0 Å². The number of nitrogens with two attached hydrogens (primary N) is 1. The van der Waals surface area contributed by atoms with Gasteiger partial charge in [0.2, 0.25) is 0 Å². The molecule has 0 aliphatic carbocycles. The molecule has 0 atom stereocenters. The van der Waals surface area contributed by atoms with Crippen LogP contribution in [0, 0.1) is 5.82 Å². The zero-order chi connectivity index (χ0) is 13.3. The molecule has 8 heteroatoms. The van der Waals surface area contributed by atoms with Gasteiger partial charge in [-0.25, -0.2) is 12.8 Å². The number of anilines is 2. The van der Waals surface area contributed by atoms with E-state index in [0.717, 1.165) is 23.5 Å². The van der Waals surface area contributed by atoms with Crippen molar-refractivity contribution in [2.75, 3.05) is 10.5 Å². The molecule has 3 N–H and O–H groups in total. The molecule has 4 nitrogen and oxygen atoms in total. The summed E-state index contributed by atoms with van der Waals surface area (Å²) in [5, 5.41) is 1.50. The molecule has 0 spiro atoms. The van der Waals surface area contributed by atoms with Crippen molar-refractivity contribution in [3.63, 3.8) is 0 Å². The van der Waals surface area contributed by atoms with Crippen LogP contribution in [0.25, 0.3) is 0 Å². The molecule has 0 saturated carbocycles. The number of benzene rings is 1. The molecule has 2 rings (SSSR count). The van der Waals surface area contributed by atoms with Crippen molar-refractivity contribution in [1.29, 1.82) is 0 Å². The van der Waals surface area contributed by atoms with Crippen LogP contribution in [0.15, 0.2) is 33.9 Å². The van der Waals surface area contributed by atoms with E-state index in [1.54, 1.807) is 0 Å². The lowest BCUT2D eigenvalue weighted by Gasteiger charge is -2.07. The second kappa shape index (κ2) is 4.75. The minimum atomic E-state index is -3.75. The van der Waals surface area contributed by atoms with Crippen molar-refractivity contribution in [2.45, 2.75) is 4.21 Å². The van der Waals surface area contributed by atoms with Gasteiger partial charge in [-0.2, -0.15) is 0 Å². The first kappa shape index (κ1) is 13.1. The van der Waals surface area contributed by atoms with Crippen LogP contribution in [0.1, 0.15) is 0 Å². The van der Waals surface area contributed by atoms with Gasteiger partial charge in [-0.3, -0.25) is 4.72 Å². The Bertz CT molecular complexity index is 685. The predicted octanol–water partition coefficient (Wildman–Crippen LogP) is 2.92. The highest BCUT2D eigenvalue weighted by Crippen LogP contribution is 2.28. The maximum Gasteiger partial charge on any atom is 0.271 e. The van der Waals surface area contributed by atoms with Crippen molar-refractivity contribution >= 4 is 44.3 Å². The average molecular weight is 307 g/mol. The molecule has 0 amide bonds. The largest absolute Gasteiger partial charge is 0.398 e. The first-order valence-corrected chi connectivity index (χ1v) is 7.44. The summed E-state index contributed by atoms with van der Waals surface area (Å²) in [5.41, 5.74) is 5.94. The fourth-order valence-electron chi connectivity index (χ4n) is 1.24. The van der Waals surface area contributed by atoms with Gasteiger partial charge in [-0.15, -0.1) is 11.3 Å². The Morgan fingerprint density at radius 2 is 2.06 bits per heavy atom. The fraction of sp³-hybridized carbons (Fsp3) is 0. The highest BCUT2D eigenvalue weighted by molar-refractivity contribution is 7.94. The standard InChI is InChI=1S/C10H8ClFN2O2S2/c11-8-3-6(12)1-2-9(8)14-18(15,16)10-4-7(13)5-17-10/h1-5,14H,13H2. The van der Waals surface area contributed by atoms with Crippen molar-refractivity contribution in [3.05, 3.63) is 40.5 Å². The Labute approximate surface area is 112 Å². The summed E-state index contributed by atoms with van der Waals surface area (Å²) in [6.07, 6.45) is 0. The molecule has 1 heterocycles. The molecule has 0 unspecified atom stereocenters. The SMILES string of the molecule is Nc1csc(S(=O)(=O)Nc2ccc(F)cc2Cl)c1. The summed E-state index contributed by atoms with van der Waals surface area (Å²) in [4.78, 5) is 0. The third kappa shape index (κ3) is 2.74. The normalized spacial score (nSPS) is 11.4. The minimum Gasteiger partial charge on any atom is -0.398 e. The van der Waals surface area contributed by atoms with Crippen LogP contribution in [0.2, 0.25) is 5.02 Å². The van der Waals surface area contributed by atoms with E-state index < -0.39 is 15.8 Å². The molecule has 0 saturated heterocycles. The van der Waals surface area contributed by atoms with Gasteiger partial charge in [-0.1, -0.05) is 11.6 Å². The number of halogens is 2.